The lowest BCUT2D eigenvalue weighted by Gasteiger charge is -2.38. The highest BCUT2D eigenvalue weighted by Gasteiger charge is 2.24. The first-order chi connectivity index (χ1) is 14.7. The first kappa shape index (κ1) is 23.2. The molecule has 0 saturated carbocycles. The van der Waals surface area contributed by atoms with Gasteiger partial charge in [-0.2, -0.15) is 0 Å². The van der Waals surface area contributed by atoms with Crippen LogP contribution < -0.4 is 15.1 Å². The highest BCUT2D eigenvalue weighted by atomic mass is 127. The predicted octanol–water partition coefficient (Wildman–Crippen LogP) is 2.69. The second-order valence-electron chi connectivity index (χ2n) is 7.64. The first-order valence-electron chi connectivity index (χ1n) is 10.5. The van der Waals surface area contributed by atoms with Gasteiger partial charge in [-0.15, -0.1) is 24.0 Å². The third kappa shape index (κ3) is 5.23. The van der Waals surface area contributed by atoms with Gasteiger partial charge in [0.1, 0.15) is 5.75 Å². The van der Waals surface area contributed by atoms with E-state index in [1.54, 1.807) is 13.1 Å². The van der Waals surface area contributed by atoms with Crippen molar-refractivity contribution < 1.29 is 9.90 Å². The number of fused-ring (bicyclic) bond motifs is 1. The van der Waals surface area contributed by atoms with Gasteiger partial charge in [-0.3, -0.25) is 9.79 Å². The van der Waals surface area contributed by atoms with Crippen LogP contribution in [0.15, 0.2) is 53.5 Å². The molecule has 0 atom stereocenters. The van der Waals surface area contributed by atoms with Crippen LogP contribution in [0.4, 0.5) is 11.4 Å². The maximum Gasteiger partial charge on any atom is 0.246 e. The van der Waals surface area contributed by atoms with E-state index in [4.69, 9.17) is 0 Å². The Kier molecular flexibility index (Phi) is 8.00. The molecule has 0 aliphatic carbocycles. The Morgan fingerprint density at radius 2 is 1.68 bits per heavy atom. The highest BCUT2D eigenvalue weighted by molar-refractivity contribution is 14.0. The largest absolute Gasteiger partial charge is 0.506 e. The number of aliphatic imine (C=N–C) groups is 1. The number of nitrogens with one attached hydrogen (secondary N) is 1. The van der Waals surface area contributed by atoms with Crippen molar-refractivity contribution in [1.29, 1.82) is 0 Å². The van der Waals surface area contributed by atoms with Gasteiger partial charge in [-0.1, -0.05) is 30.3 Å². The number of rotatable bonds is 3. The fourth-order valence-corrected chi connectivity index (χ4v) is 4.27. The summed E-state index contributed by atoms with van der Waals surface area (Å²) in [5, 5.41) is 13.3. The average molecular weight is 535 g/mol. The van der Waals surface area contributed by atoms with E-state index in [2.05, 4.69) is 26.2 Å². The summed E-state index contributed by atoms with van der Waals surface area (Å²) in [6, 6.07) is 15.6. The van der Waals surface area contributed by atoms with Crippen LogP contribution in [0, 0.1) is 0 Å². The molecule has 0 spiro atoms. The molecule has 2 aliphatic rings. The summed E-state index contributed by atoms with van der Waals surface area (Å²) in [4.78, 5) is 23.5. The molecule has 2 heterocycles. The average Bonchev–Trinajstić information content (AvgIpc) is 2.80. The molecule has 0 unspecified atom stereocenters. The van der Waals surface area contributed by atoms with Gasteiger partial charge < -0.3 is 25.1 Å². The van der Waals surface area contributed by atoms with E-state index in [0.29, 0.717) is 5.75 Å². The molecule has 2 N–H and O–H groups in total. The Hall–Kier alpha value is -2.49. The van der Waals surface area contributed by atoms with Crippen LogP contribution in [0.2, 0.25) is 0 Å². The van der Waals surface area contributed by atoms with Crippen molar-refractivity contribution >= 4 is 47.2 Å². The van der Waals surface area contributed by atoms with Crippen molar-refractivity contribution in [3.05, 3.63) is 54.1 Å². The normalized spacial score (nSPS) is 16.4. The van der Waals surface area contributed by atoms with Gasteiger partial charge in [-0.25, -0.2) is 0 Å². The Morgan fingerprint density at radius 1 is 1.00 bits per heavy atom. The second-order valence-corrected chi connectivity index (χ2v) is 7.64. The van der Waals surface area contributed by atoms with Crippen molar-refractivity contribution in [3.8, 4) is 5.75 Å². The zero-order valence-electron chi connectivity index (χ0n) is 17.8. The molecule has 1 fully saturated rings. The van der Waals surface area contributed by atoms with Crippen molar-refractivity contribution in [2.24, 2.45) is 4.99 Å². The molecule has 0 radical (unpaired) electrons. The molecule has 4 rings (SSSR count). The molecule has 2 aliphatic heterocycles. The first-order valence-corrected chi connectivity index (χ1v) is 10.5. The van der Waals surface area contributed by atoms with Gasteiger partial charge in [-0.05, 0) is 36.6 Å². The van der Waals surface area contributed by atoms with Gasteiger partial charge in [0.25, 0.3) is 0 Å². The minimum absolute atomic E-state index is 0. The summed E-state index contributed by atoms with van der Waals surface area (Å²) in [7, 11) is 1.75. The number of carbonyl (C=O) groups is 1. The fraction of sp³-hybridized carbons (Fsp3) is 0.391. The van der Waals surface area contributed by atoms with E-state index >= 15 is 0 Å². The number of phenolic OH excluding ortho intramolecular Hbond substituents is 1. The molecule has 166 valence electrons. The highest BCUT2D eigenvalue weighted by Crippen LogP contribution is 2.28. The number of hydrogen-bond donors (Lipinski definition) is 2. The maximum absolute atomic E-state index is 12.9. The fourth-order valence-electron chi connectivity index (χ4n) is 4.27. The van der Waals surface area contributed by atoms with Crippen molar-refractivity contribution in [1.82, 2.24) is 10.2 Å². The predicted molar refractivity (Wildman–Crippen MR) is 136 cm³/mol. The quantitative estimate of drug-likeness (QED) is 0.360. The molecule has 0 bridgehead atoms. The number of nitrogens with zero attached hydrogens (tertiary/aromatic N) is 4. The lowest BCUT2D eigenvalue weighted by atomic mass is 10.0. The van der Waals surface area contributed by atoms with Crippen LogP contribution in [-0.2, 0) is 11.2 Å². The summed E-state index contributed by atoms with van der Waals surface area (Å²) < 4.78 is 0. The zero-order valence-corrected chi connectivity index (χ0v) is 20.2. The topological polar surface area (TPSA) is 71.4 Å². The summed E-state index contributed by atoms with van der Waals surface area (Å²) in [5.74, 6) is 1.11. The lowest BCUT2D eigenvalue weighted by molar-refractivity contribution is -0.117. The molecule has 2 aromatic carbocycles. The van der Waals surface area contributed by atoms with Crippen LogP contribution in [-0.4, -0.2) is 68.2 Å². The van der Waals surface area contributed by atoms with Gasteiger partial charge in [0, 0.05) is 45.5 Å². The number of halogens is 1. The molecule has 2 aromatic rings. The number of phenols is 1. The van der Waals surface area contributed by atoms with Gasteiger partial charge in [0.2, 0.25) is 5.91 Å². The number of amides is 1. The number of carbonyl (C=O) groups excluding carboxylic acids is 1. The van der Waals surface area contributed by atoms with E-state index in [0.717, 1.165) is 62.9 Å². The Balaban J connectivity index is 0.00000272. The number of guanidine groups is 1. The number of piperazine rings is 1. The van der Waals surface area contributed by atoms with E-state index in [1.807, 2.05) is 41.3 Å². The Morgan fingerprint density at radius 3 is 2.39 bits per heavy atom. The maximum atomic E-state index is 12.9. The van der Waals surface area contributed by atoms with Crippen molar-refractivity contribution in [2.75, 3.05) is 56.1 Å². The molecular weight excluding hydrogens is 505 g/mol. The monoisotopic (exact) mass is 535 g/mol. The zero-order chi connectivity index (χ0) is 20.9. The summed E-state index contributed by atoms with van der Waals surface area (Å²) in [6.07, 6.45) is 2.02. The number of para-hydroxylation sites is 3. The van der Waals surface area contributed by atoms with Gasteiger partial charge >= 0.3 is 0 Å². The summed E-state index contributed by atoms with van der Waals surface area (Å²) in [6.45, 7) is 4.09. The Bertz CT molecular complexity index is 928. The molecular formula is C23H30IN5O2. The SMILES string of the molecule is CN=C(NCC(=O)N1CCCc2ccccc21)N1CCN(c2ccccc2O)CC1.I. The molecule has 1 saturated heterocycles. The van der Waals surface area contributed by atoms with Crippen LogP contribution in [0.5, 0.6) is 5.75 Å². The minimum Gasteiger partial charge on any atom is -0.506 e. The van der Waals surface area contributed by atoms with Gasteiger partial charge in [0.05, 0.1) is 12.2 Å². The van der Waals surface area contributed by atoms with Crippen LogP contribution in [0.1, 0.15) is 12.0 Å². The van der Waals surface area contributed by atoms with Crippen LogP contribution in [0.3, 0.4) is 0 Å². The third-order valence-electron chi connectivity index (χ3n) is 5.82. The van der Waals surface area contributed by atoms with Gasteiger partial charge in [0.15, 0.2) is 5.96 Å². The molecule has 0 aromatic heterocycles. The molecule has 31 heavy (non-hydrogen) atoms. The van der Waals surface area contributed by atoms with Crippen LogP contribution in [0.25, 0.3) is 0 Å². The van der Waals surface area contributed by atoms with E-state index in [9.17, 15) is 9.90 Å². The summed E-state index contributed by atoms with van der Waals surface area (Å²) >= 11 is 0. The van der Waals surface area contributed by atoms with E-state index in [-0.39, 0.29) is 36.4 Å². The lowest BCUT2D eigenvalue weighted by Crippen LogP contribution is -2.54. The molecule has 7 nitrogen and oxygen atoms in total. The molecule has 1 amide bonds. The number of aryl methyl sites for hydroxylation is 1. The third-order valence-corrected chi connectivity index (χ3v) is 5.82. The minimum atomic E-state index is 0. The molecule has 8 heteroatoms. The second kappa shape index (κ2) is 10.7. The smallest absolute Gasteiger partial charge is 0.246 e. The number of aromatic hydroxyl groups is 1. The number of benzene rings is 2. The number of anilines is 2. The number of hydrogen-bond acceptors (Lipinski definition) is 4. The Labute approximate surface area is 200 Å². The van der Waals surface area contributed by atoms with E-state index < -0.39 is 0 Å². The van der Waals surface area contributed by atoms with E-state index in [1.165, 1.54) is 5.56 Å². The standard InChI is InChI=1S/C23H29N5O2.HI/c1-24-23(27-15-13-26(14-16-27)20-10-4-5-11-21(20)29)25-17-22(30)28-12-6-8-18-7-2-3-9-19(18)28;/h2-5,7,9-11,29H,6,8,12-17H2,1H3,(H,24,25);1H. The van der Waals surface area contributed by atoms with Crippen LogP contribution >= 0.6 is 24.0 Å². The van der Waals surface area contributed by atoms with Crippen molar-refractivity contribution in [2.45, 2.75) is 12.8 Å². The summed E-state index contributed by atoms with van der Waals surface area (Å²) in [5.41, 5.74) is 3.13. The van der Waals surface area contributed by atoms with Crippen molar-refractivity contribution in [3.63, 3.8) is 0 Å².